The molecule has 0 saturated carbocycles. The average molecular weight is 415 g/mol. The lowest BCUT2D eigenvalue weighted by Crippen LogP contribution is -2.12. The van der Waals surface area contributed by atoms with Crippen molar-refractivity contribution in [2.24, 2.45) is 0 Å². The van der Waals surface area contributed by atoms with Crippen LogP contribution in [0.3, 0.4) is 0 Å². The summed E-state index contributed by atoms with van der Waals surface area (Å²) in [6.45, 7) is 1.88. The number of aryl methyl sites for hydroxylation is 2. The molecule has 0 unspecified atom stereocenters. The summed E-state index contributed by atoms with van der Waals surface area (Å²) in [7, 11) is -2.00. The smallest absolute Gasteiger partial charge is 0.227 e. The molecule has 0 fully saturated rings. The van der Waals surface area contributed by atoms with Gasteiger partial charge in [0.25, 0.3) is 0 Å². The van der Waals surface area contributed by atoms with Crippen molar-refractivity contribution in [2.45, 2.75) is 30.4 Å². The number of anilines is 1. The molecule has 1 N–H and O–H groups in total. The molecule has 152 valence electrons. The number of carbonyl (C=O) groups excluding carboxylic acids is 1. The molecule has 0 radical (unpaired) electrons. The van der Waals surface area contributed by atoms with Crippen LogP contribution >= 0.6 is 0 Å². The second-order valence-corrected chi connectivity index (χ2v) is 8.44. The molecule has 1 heterocycles. The van der Waals surface area contributed by atoms with Crippen molar-refractivity contribution in [1.29, 1.82) is 0 Å². The fourth-order valence-electron chi connectivity index (χ4n) is 2.57. The minimum atomic E-state index is -3.57. The quantitative estimate of drug-likeness (QED) is 0.602. The first-order chi connectivity index (χ1) is 13.9. The van der Waals surface area contributed by atoms with Crippen LogP contribution in [0.15, 0.2) is 57.9 Å². The number of carbonyl (C=O) groups is 1. The number of ether oxygens (including phenoxy) is 1. The van der Waals surface area contributed by atoms with Crippen LogP contribution < -0.4 is 10.1 Å². The van der Waals surface area contributed by atoms with Gasteiger partial charge in [-0.2, -0.15) is 4.98 Å². The van der Waals surface area contributed by atoms with Gasteiger partial charge in [0.1, 0.15) is 11.5 Å². The van der Waals surface area contributed by atoms with Crippen molar-refractivity contribution in [3.8, 4) is 5.75 Å². The highest BCUT2D eigenvalue weighted by Gasteiger charge is 2.19. The largest absolute Gasteiger partial charge is 0.497 e. The van der Waals surface area contributed by atoms with Crippen molar-refractivity contribution >= 4 is 21.4 Å². The van der Waals surface area contributed by atoms with E-state index in [4.69, 9.17) is 9.26 Å². The van der Waals surface area contributed by atoms with Crippen LogP contribution in [-0.2, 0) is 26.8 Å². The van der Waals surface area contributed by atoms with Gasteiger partial charge in [0.2, 0.25) is 11.8 Å². The Hall–Kier alpha value is -3.20. The van der Waals surface area contributed by atoms with Crippen LogP contribution in [0.25, 0.3) is 0 Å². The van der Waals surface area contributed by atoms with Gasteiger partial charge in [0.15, 0.2) is 15.7 Å². The van der Waals surface area contributed by atoms with Crippen molar-refractivity contribution in [3.05, 3.63) is 65.8 Å². The Labute approximate surface area is 168 Å². The summed E-state index contributed by atoms with van der Waals surface area (Å²) < 4.78 is 35.0. The van der Waals surface area contributed by atoms with Crippen LogP contribution in [0, 0.1) is 6.92 Å². The zero-order valence-electron chi connectivity index (χ0n) is 16.1. The number of benzene rings is 2. The lowest BCUT2D eigenvalue weighted by molar-refractivity contribution is -0.116. The second kappa shape index (κ2) is 8.87. The van der Waals surface area contributed by atoms with Gasteiger partial charge in [0, 0.05) is 18.5 Å². The Morgan fingerprint density at radius 2 is 1.79 bits per heavy atom. The molecule has 3 rings (SSSR count). The summed E-state index contributed by atoms with van der Waals surface area (Å²) in [5.74, 6) is 0.390. The zero-order chi connectivity index (χ0) is 20.9. The first-order valence-corrected chi connectivity index (χ1v) is 10.6. The van der Waals surface area contributed by atoms with E-state index in [2.05, 4.69) is 15.5 Å². The van der Waals surface area contributed by atoms with Crippen LogP contribution in [-0.4, -0.2) is 31.6 Å². The van der Waals surface area contributed by atoms with Gasteiger partial charge < -0.3 is 14.6 Å². The van der Waals surface area contributed by atoms with E-state index in [0.29, 0.717) is 11.4 Å². The Bertz CT molecular complexity index is 1070. The number of hydrogen-bond donors (Lipinski definition) is 1. The third-order valence-corrected chi connectivity index (χ3v) is 5.78. The third kappa shape index (κ3) is 5.64. The predicted molar refractivity (Wildman–Crippen MR) is 106 cm³/mol. The summed E-state index contributed by atoms with van der Waals surface area (Å²) in [4.78, 5) is 16.3. The van der Waals surface area contributed by atoms with Crippen molar-refractivity contribution in [2.75, 3.05) is 12.4 Å². The normalized spacial score (nSPS) is 11.2. The van der Waals surface area contributed by atoms with E-state index in [-0.39, 0.29) is 41.1 Å². The third-order valence-electron chi connectivity index (χ3n) is 4.15. The molecule has 0 spiro atoms. The first-order valence-electron chi connectivity index (χ1n) is 8.90. The summed E-state index contributed by atoms with van der Waals surface area (Å²) >= 11 is 0. The fourth-order valence-corrected chi connectivity index (χ4v) is 3.74. The topological polar surface area (TPSA) is 111 Å². The number of nitrogens with one attached hydrogen (secondary N) is 1. The highest BCUT2D eigenvalue weighted by atomic mass is 32.2. The minimum Gasteiger partial charge on any atom is -0.497 e. The molecule has 8 nitrogen and oxygen atoms in total. The van der Waals surface area contributed by atoms with E-state index >= 15 is 0 Å². The molecule has 2 aromatic carbocycles. The summed E-state index contributed by atoms with van der Waals surface area (Å²) in [6, 6.07) is 13.5. The highest BCUT2D eigenvalue weighted by Crippen LogP contribution is 2.17. The van der Waals surface area contributed by atoms with Gasteiger partial charge in [-0.15, -0.1) is 0 Å². The van der Waals surface area contributed by atoms with Crippen molar-refractivity contribution < 1.29 is 22.5 Å². The molecular formula is C20H21N3O5S. The predicted octanol–water partition coefficient (Wildman–Crippen LogP) is 2.93. The lowest BCUT2D eigenvalue weighted by Gasteiger charge is -2.05. The second-order valence-electron chi connectivity index (χ2n) is 6.45. The molecule has 0 aliphatic carbocycles. The molecule has 9 heteroatoms. The van der Waals surface area contributed by atoms with E-state index in [0.717, 1.165) is 5.56 Å². The number of nitrogens with zero attached hydrogens (tertiary/aromatic N) is 2. The Kier molecular flexibility index (Phi) is 6.28. The number of amides is 1. The Morgan fingerprint density at radius 3 is 2.45 bits per heavy atom. The number of aromatic nitrogens is 2. The van der Waals surface area contributed by atoms with E-state index < -0.39 is 9.84 Å². The van der Waals surface area contributed by atoms with Crippen LogP contribution in [0.1, 0.15) is 23.7 Å². The van der Waals surface area contributed by atoms with E-state index in [1.807, 2.05) is 6.92 Å². The standard InChI is InChI=1S/C20H21N3O5S/c1-14-3-9-17(10-4-14)29(25,26)13-18-22-20(28-23-18)12-11-19(24)21-15-5-7-16(27-2)8-6-15/h3-10H,11-13H2,1-2H3,(H,21,24). The van der Waals surface area contributed by atoms with Crippen LogP contribution in [0.4, 0.5) is 5.69 Å². The average Bonchev–Trinajstić information content (AvgIpc) is 3.14. The summed E-state index contributed by atoms with van der Waals surface area (Å²) in [5.41, 5.74) is 1.62. The van der Waals surface area contributed by atoms with Crippen LogP contribution in [0.2, 0.25) is 0 Å². The summed E-state index contributed by atoms with van der Waals surface area (Å²) in [5, 5.41) is 6.47. The van der Waals surface area contributed by atoms with Crippen molar-refractivity contribution in [3.63, 3.8) is 0 Å². The highest BCUT2D eigenvalue weighted by molar-refractivity contribution is 7.90. The van der Waals surface area contributed by atoms with Gasteiger partial charge in [-0.05, 0) is 43.3 Å². The maximum absolute atomic E-state index is 12.4. The van der Waals surface area contributed by atoms with Crippen LogP contribution in [0.5, 0.6) is 5.75 Å². The molecule has 0 aliphatic heterocycles. The van der Waals surface area contributed by atoms with Gasteiger partial charge in [-0.25, -0.2) is 8.42 Å². The molecular weight excluding hydrogens is 394 g/mol. The van der Waals surface area contributed by atoms with Crippen molar-refractivity contribution in [1.82, 2.24) is 10.1 Å². The summed E-state index contributed by atoms with van der Waals surface area (Å²) in [6.07, 6.45) is 0.331. The molecule has 0 bridgehead atoms. The molecule has 1 aromatic heterocycles. The molecule has 0 saturated heterocycles. The van der Waals surface area contributed by atoms with E-state index in [9.17, 15) is 13.2 Å². The Morgan fingerprint density at radius 1 is 1.10 bits per heavy atom. The van der Waals surface area contributed by atoms with E-state index in [1.54, 1.807) is 55.6 Å². The molecule has 3 aromatic rings. The maximum Gasteiger partial charge on any atom is 0.227 e. The molecule has 0 atom stereocenters. The number of rotatable bonds is 8. The number of sulfone groups is 1. The zero-order valence-corrected chi connectivity index (χ0v) is 16.9. The molecule has 29 heavy (non-hydrogen) atoms. The van der Waals surface area contributed by atoms with Gasteiger partial charge >= 0.3 is 0 Å². The van der Waals surface area contributed by atoms with Gasteiger partial charge in [-0.3, -0.25) is 4.79 Å². The fraction of sp³-hybridized carbons (Fsp3) is 0.250. The SMILES string of the molecule is COc1ccc(NC(=O)CCc2nc(CS(=O)(=O)c3ccc(C)cc3)no2)cc1. The minimum absolute atomic E-state index is 0.0659. The monoisotopic (exact) mass is 415 g/mol. The molecule has 0 aliphatic rings. The number of hydrogen-bond acceptors (Lipinski definition) is 7. The molecule has 1 amide bonds. The number of methoxy groups -OCH3 is 1. The first kappa shape index (κ1) is 20.5. The van der Waals surface area contributed by atoms with Gasteiger partial charge in [-0.1, -0.05) is 22.9 Å². The van der Waals surface area contributed by atoms with Gasteiger partial charge in [0.05, 0.1) is 12.0 Å². The lowest BCUT2D eigenvalue weighted by atomic mass is 10.2. The maximum atomic E-state index is 12.4. The Balaban J connectivity index is 1.54. The van der Waals surface area contributed by atoms with E-state index in [1.165, 1.54) is 0 Å².